The van der Waals surface area contributed by atoms with Crippen LogP contribution < -0.4 is 5.32 Å². The van der Waals surface area contributed by atoms with E-state index in [0.717, 1.165) is 37.0 Å². The predicted molar refractivity (Wildman–Crippen MR) is 96.6 cm³/mol. The van der Waals surface area contributed by atoms with Crippen LogP contribution in [-0.4, -0.2) is 35.8 Å². The summed E-state index contributed by atoms with van der Waals surface area (Å²) in [6.45, 7) is 15.2. The first-order valence-corrected chi connectivity index (χ1v) is 9.10. The third kappa shape index (κ3) is 7.55. The maximum Gasteiger partial charge on any atom is 0.0417 e. The fraction of sp³-hybridized carbons (Fsp3) is 0.647. The van der Waals surface area contributed by atoms with Gasteiger partial charge in [-0.2, -0.15) is 0 Å². The molecule has 0 unspecified atom stereocenters. The number of nitrogens with zero attached hydrogens (tertiary/aromatic N) is 1. The maximum absolute atomic E-state index is 6.16. The van der Waals surface area contributed by atoms with Crippen molar-refractivity contribution >= 4 is 23.4 Å². The second kappa shape index (κ2) is 9.04. The second-order valence-electron chi connectivity index (χ2n) is 6.23. The van der Waals surface area contributed by atoms with E-state index < -0.39 is 0 Å². The molecular weight excluding hydrogens is 300 g/mol. The van der Waals surface area contributed by atoms with Crippen LogP contribution in [0.4, 0.5) is 0 Å². The summed E-state index contributed by atoms with van der Waals surface area (Å²) in [6, 6.07) is 6.21. The smallest absolute Gasteiger partial charge is 0.0417 e. The Bertz CT molecular complexity index is 425. The molecule has 120 valence electrons. The molecular formula is C17H29ClN2S. The SMILES string of the molecule is CCN(CC)CCSc1cc(Cl)ccc1CNC(C)(C)C. The van der Waals surface area contributed by atoms with Gasteiger partial charge in [-0.15, -0.1) is 11.8 Å². The van der Waals surface area contributed by atoms with Crippen LogP contribution in [0.3, 0.4) is 0 Å². The molecule has 0 aliphatic heterocycles. The van der Waals surface area contributed by atoms with Crippen LogP contribution in [0.15, 0.2) is 23.1 Å². The summed E-state index contributed by atoms with van der Waals surface area (Å²) in [5.41, 5.74) is 1.46. The number of thioether (sulfide) groups is 1. The third-order valence-corrected chi connectivity index (χ3v) is 4.71. The molecule has 0 aliphatic carbocycles. The van der Waals surface area contributed by atoms with Crippen LogP contribution in [0.2, 0.25) is 5.02 Å². The first-order valence-electron chi connectivity index (χ1n) is 7.74. The highest BCUT2D eigenvalue weighted by atomic mass is 35.5. The number of hydrogen-bond donors (Lipinski definition) is 1. The van der Waals surface area contributed by atoms with Crippen molar-refractivity contribution in [2.45, 2.75) is 51.6 Å². The molecule has 0 atom stereocenters. The lowest BCUT2D eigenvalue weighted by Crippen LogP contribution is -2.35. The molecule has 0 saturated carbocycles. The van der Waals surface area contributed by atoms with Gasteiger partial charge in [0.1, 0.15) is 0 Å². The van der Waals surface area contributed by atoms with Crippen molar-refractivity contribution in [2.24, 2.45) is 0 Å². The Balaban J connectivity index is 2.64. The van der Waals surface area contributed by atoms with Gasteiger partial charge in [0.15, 0.2) is 0 Å². The van der Waals surface area contributed by atoms with Gasteiger partial charge in [-0.3, -0.25) is 0 Å². The quantitative estimate of drug-likeness (QED) is 0.698. The highest BCUT2D eigenvalue weighted by molar-refractivity contribution is 7.99. The number of hydrogen-bond acceptors (Lipinski definition) is 3. The Morgan fingerprint density at radius 1 is 1.19 bits per heavy atom. The number of halogens is 1. The van der Waals surface area contributed by atoms with Crippen molar-refractivity contribution in [2.75, 3.05) is 25.4 Å². The van der Waals surface area contributed by atoms with E-state index in [-0.39, 0.29) is 5.54 Å². The maximum atomic E-state index is 6.16. The largest absolute Gasteiger partial charge is 0.308 e. The molecule has 0 spiro atoms. The predicted octanol–water partition coefficient (Wildman–Crippen LogP) is 4.66. The fourth-order valence-corrected chi connectivity index (χ4v) is 3.34. The monoisotopic (exact) mass is 328 g/mol. The van der Waals surface area contributed by atoms with Crippen molar-refractivity contribution in [1.29, 1.82) is 0 Å². The van der Waals surface area contributed by atoms with E-state index in [1.807, 2.05) is 17.8 Å². The molecule has 0 bridgehead atoms. The van der Waals surface area contributed by atoms with Crippen molar-refractivity contribution < 1.29 is 0 Å². The van der Waals surface area contributed by atoms with Gasteiger partial charge in [0.2, 0.25) is 0 Å². The first kappa shape index (κ1) is 18.8. The highest BCUT2D eigenvalue weighted by Crippen LogP contribution is 2.26. The molecule has 21 heavy (non-hydrogen) atoms. The van der Waals surface area contributed by atoms with E-state index in [1.54, 1.807) is 0 Å². The Hall–Kier alpha value is -0.220. The Labute approximate surface area is 139 Å². The normalized spacial score (nSPS) is 12.1. The van der Waals surface area contributed by atoms with Gasteiger partial charge in [-0.05, 0) is 51.6 Å². The van der Waals surface area contributed by atoms with E-state index in [0.29, 0.717) is 0 Å². The Morgan fingerprint density at radius 3 is 2.43 bits per heavy atom. The molecule has 0 saturated heterocycles. The standard InChI is InChI=1S/C17H29ClN2S/c1-6-20(7-2)10-11-21-16-12-15(18)9-8-14(16)13-19-17(3,4)5/h8-9,12,19H,6-7,10-11,13H2,1-5H3. The zero-order chi connectivity index (χ0) is 15.9. The van der Waals surface area contributed by atoms with E-state index in [4.69, 9.17) is 11.6 Å². The van der Waals surface area contributed by atoms with Crippen molar-refractivity contribution in [1.82, 2.24) is 10.2 Å². The van der Waals surface area contributed by atoms with Crippen LogP contribution in [0, 0.1) is 0 Å². The van der Waals surface area contributed by atoms with Crippen LogP contribution in [0.1, 0.15) is 40.2 Å². The molecule has 0 heterocycles. The zero-order valence-electron chi connectivity index (χ0n) is 14.0. The van der Waals surface area contributed by atoms with Crippen molar-refractivity contribution in [3.63, 3.8) is 0 Å². The summed E-state index contributed by atoms with van der Waals surface area (Å²) in [5, 5.41) is 4.37. The number of rotatable bonds is 8. The van der Waals surface area contributed by atoms with Gasteiger partial charge in [-0.1, -0.05) is 31.5 Å². The minimum absolute atomic E-state index is 0.128. The summed E-state index contributed by atoms with van der Waals surface area (Å²) >= 11 is 8.06. The molecule has 1 aromatic rings. The van der Waals surface area contributed by atoms with E-state index in [1.165, 1.54) is 10.5 Å². The van der Waals surface area contributed by atoms with Gasteiger partial charge >= 0.3 is 0 Å². The second-order valence-corrected chi connectivity index (χ2v) is 7.80. The van der Waals surface area contributed by atoms with E-state index in [2.05, 4.69) is 57.0 Å². The van der Waals surface area contributed by atoms with Gasteiger partial charge in [0.05, 0.1) is 0 Å². The van der Waals surface area contributed by atoms with Crippen LogP contribution >= 0.6 is 23.4 Å². The number of nitrogens with one attached hydrogen (secondary N) is 1. The Morgan fingerprint density at radius 2 is 1.86 bits per heavy atom. The average Bonchev–Trinajstić information content (AvgIpc) is 2.41. The molecule has 0 fully saturated rings. The minimum atomic E-state index is 0.128. The molecule has 4 heteroatoms. The van der Waals surface area contributed by atoms with Gasteiger partial charge in [-0.25, -0.2) is 0 Å². The lowest BCUT2D eigenvalue weighted by atomic mass is 10.1. The highest BCUT2D eigenvalue weighted by Gasteiger charge is 2.11. The van der Waals surface area contributed by atoms with Crippen molar-refractivity contribution in [3.05, 3.63) is 28.8 Å². The lowest BCUT2D eigenvalue weighted by Gasteiger charge is -2.22. The fourth-order valence-electron chi connectivity index (χ4n) is 1.99. The first-order chi connectivity index (χ1) is 9.85. The molecule has 0 radical (unpaired) electrons. The number of benzene rings is 1. The summed E-state index contributed by atoms with van der Waals surface area (Å²) in [5.74, 6) is 1.10. The average molecular weight is 329 g/mol. The van der Waals surface area contributed by atoms with Crippen LogP contribution in [-0.2, 0) is 6.54 Å². The van der Waals surface area contributed by atoms with Gasteiger partial charge < -0.3 is 10.2 Å². The minimum Gasteiger partial charge on any atom is -0.308 e. The lowest BCUT2D eigenvalue weighted by molar-refractivity contribution is 0.324. The van der Waals surface area contributed by atoms with Crippen LogP contribution in [0.25, 0.3) is 0 Å². The summed E-state index contributed by atoms with van der Waals surface area (Å²) in [4.78, 5) is 3.75. The molecule has 2 nitrogen and oxygen atoms in total. The molecule has 0 amide bonds. The summed E-state index contributed by atoms with van der Waals surface area (Å²) in [6.07, 6.45) is 0. The van der Waals surface area contributed by atoms with E-state index >= 15 is 0 Å². The summed E-state index contributed by atoms with van der Waals surface area (Å²) < 4.78 is 0. The van der Waals surface area contributed by atoms with E-state index in [9.17, 15) is 0 Å². The molecule has 0 aliphatic rings. The van der Waals surface area contributed by atoms with Gasteiger partial charge in [0, 0.05) is 34.3 Å². The summed E-state index contributed by atoms with van der Waals surface area (Å²) in [7, 11) is 0. The molecule has 1 aromatic carbocycles. The molecule has 0 aromatic heterocycles. The van der Waals surface area contributed by atoms with Gasteiger partial charge in [0.25, 0.3) is 0 Å². The van der Waals surface area contributed by atoms with Crippen LogP contribution in [0.5, 0.6) is 0 Å². The zero-order valence-corrected chi connectivity index (χ0v) is 15.6. The third-order valence-electron chi connectivity index (χ3n) is 3.40. The topological polar surface area (TPSA) is 15.3 Å². The molecule has 1 N–H and O–H groups in total. The van der Waals surface area contributed by atoms with Crippen molar-refractivity contribution in [3.8, 4) is 0 Å². The Kier molecular flexibility index (Phi) is 8.10. The molecule has 1 rings (SSSR count).